The van der Waals surface area contributed by atoms with Crippen LogP contribution in [0.2, 0.25) is 0 Å². The molecule has 0 aliphatic heterocycles. The van der Waals surface area contributed by atoms with Crippen LogP contribution in [0.25, 0.3) is 10.8 Å². The Morgan fingerprint density at radius 3 is 2.27 bits per heavy atom. The first kappa shape index (κ1) is 21.6. The third kappa shape index (κ3) is 6.45. The van der Waals surface area contributed by atoms with Crippen LogP contribution in [0.5, 0.6) is 0 Å². The highest BCUT2D eigenvalue weighted by Gasteiger charge is 2.21. The van der Waals surface area contributed by atoms with Crippen LogP contribution in [0.3, 0.4) is 0 Å². The van der Waals surface area contributed by atoms with Crippen molar-refractivity contribution in [1.29, 1.82) is 0 Å². The molecule has 0 radical (unpaired) electrons. The highest BCUT2D eigenvalue weighted by atomic mass is 16.2. The van der Waals surface area contributed by atoms with E-state index in [1.54, 1.807) is 0 Å². The molecule has 0 bridgehead atoms. The lowest BCUT2D eigenvalue weighted by Gasteiger charge is -2.19. The maximum Gasteiger partial charge on any atom is 0.243 e. The summed E-state index contributed by atoms with van der Waals surface area (Å²) in [6.45, 7) is 4.62. The van der Waals surface area contributed by atoms with Crippen molar-refractivity contribution in [3.05, 3.63) is 83.9 Å². The summed E-state index contributed by atoms with van der Waals surface area (Å²) in [5.41, 5.74) is 2.05. The van der Waals surface area contributed by atoms with Crippen LogP contribution in [0.15, 0.2) is 72.8 Å². The van der Waals surface area contributed by atoms with Crippen LogP contribution < -0.4 is 10.6 Å². The van der Waals surface area contributed by atoms with Crippen LogP contribution in [0.4, 0.5) is 0 Å². The van der Waals surface area contributed by atoms with Gasteiger partial charge in [-0.2, -0.15) is 0 Å². The Hall–Kier alpha value is -3.14. The van der Waals surface area contributed by atoms with Gasteiger partial charge in [0.15, 0.2) is 0 Å². The number of rotatable bonds is 9. The molecule has 3 aromatic rings. The molecule has 4 heteroatoms. The zero-order valence-electron chi connectivity index (χ0n) is 17.7. The van der Waals surface area contributed by atoms with Crippen molar-refractivity contribution >= 4 is 22.6 Å². The first-order chi connectivity index (χ1) is 14.5. The lowest BCUT2D eigenvalue weighted by molar-refractivity contribution is -0.129. The van der Waals surface area contributed by atoms with Crippen molar-refractivity contribution in [2.75, 3.05) is 0 Å². The van der Waals surface area contributed by atoms with Gasteiger partial charge in [-0.1, -0.05) is 86.6 Å². The number of carbonyl (C=O) groups excluding carboxylic acids is 2. The van der Waals surface area contributed by atoms with Gasteiger partial charge in [0.2, 0.25) is 11.8 Å². The third-order valence-corrected chi connectivity index (χ3v) is 5.16. The number of amides is 2. The van der Waals surface area contributed by atoms with Gasteiger partial charge in [0.25, 0.3) is 0 Å². The second kappa shape index (κ2) is 10.6. The molecular weight excluding hydrogens is 372 g/mol. The molecule has 2 amide bonds. The fourth-order valence-electron chi connectivity index (χ4n) is 3.41. The molecule has 30 heavy (non-hydrogen) atoms. The Kier molecular flexibility index (Phi) is 7.61. The minimum atomic E-state index is -0.602. The molecule has 0 aromatic heterocycles. The first-order valence-electron chi connectivity index (χ1n) is 10.6. The van der Waals surface area contributed by atoms with Gasteiger partial charge in [-0.3, -0.25) is 9.59 Å². The van der Waals surface area contributed by atoms with Crippen molar-refractivity contribution in [3.8, 4) is 0 Å². The molecule has 0 saturated heterocycles. The molecular formula is C26H30N2O2. The maximum absolute atomic E-state index is 12.9. The smallest absolute Gasteiger partial charge is 0.243 e. The zero-order chi connectivity index (χ0) is 21.3. The molecule has 3 aromatic carbocycles. The van der Waals surface area contributed by atoms with Gasteiger partial charge < -0.3 is 10.6 Å². The Labute approximate surface area is 178 Å². The number of carbonyl (C=O) groups is 2. The fourth-order valence-corrected chi connectivity index (χ4v) is 3.41. The summed E-state index contributed by atoms with van der Waals surface area (Å²) < 4.78 is 0. The average molecular weight is 403 g/mol. The van der Waals surface area contributed by atoms with Gasteiger partial charge in [0.05, 0.1) is 0 Å². The van der Waals surface area contributed by atoms with Crippen molar-refractivity contribution in [1.82, 2.24) is 10.6 Å². The van der Waals surface area contributed by atoms with Crippen LogP contribution in [0.1, 0.15) is 37.8 Å². The van der Waals surface area contributed by atoms with E-state index in [0.29, 0.717) is 25.3 Å². The van der Waals surface area contributed by atoms with Crippen LogP contribution in [-0.4, -0.2) is 17.9 Å². The number of hydrogen-bond acceptors (Lipinski definition) is 2. The molecule has 2 N–H and O–H groups in total. The van der Waals surface area contributed by atoms with E-state index in [1.807, 2.05) is 48.5 Å². The topological polar surface area (TPSA) is 58.2 Å². The fraction of sp³-hybridized carbons (Fsp3) is 0.308. The molecule has 3 rings (SSSR count). The molecule has 0 heterocycles. The highest BCUT2D eigenvalue weighted by molar-refractivity contribution is 5.88. The Morgan fingerprint density at radius 2 is 1.53 bits per heavy atom. The lowest BCUT2D eigenvalue weighted by Crippen LogP contribution is -2.47. The summed E-state index contributed by atoms with van der Waals surface area (Å²) in [6, 6.07) is 23.5. The molecule has 0 spiro atoms. The van der Waals surface area contributed by atoms with E-state index in [1.165, 1.54) is 0 Å². The van der Waals surface area contributed by atoms with Crippen LogP contribution in [0, 0.1) is 5.92 Å². The number of hydrogen-bond donors (Lipinski definition) is 2. The zero-order valence-corrected chi connectivity index (χ0v) is 17.7. The Balaban J connectivity index is 1.71. The van der Waals surface area contributed by atoms with Gasteiger partial charge in [0, 0.05) is 19.4 Å². The summed E-state index contributed by atoms with van der Waals surface area (Å²) in [6.07, 6.45) is 1.69. The van der Waals surface area contributed by atoms with Crippen molar-refractivity contribution in [3.63, 3.8) is 0 Å². The van der Waals surface area contributed by atoms with Gasteiger partial charge in [-0.25, -0.2) is 0 Å². The van der Waals surface area contributed by atoms with Gasteiger partial charge in [-0.15, -0.1) is 0 Å². The van der Waals surface area contributed by atoms with Crippen LogP contribution in [-0.2, 0) is 22.6 Å². The van der Waals surface area contributed by atoms with E-state index in [9.17, 15) is 9.59 Å². The molecule has 0 saturated carbocycles. The van der Waals surface area contributed by atoms with Crippen molar-refractivity contribution in [2.24, 2.45) is 5.92 Å². The largest absolute Gasteiger partial charge is 0.350 e. The first-order valence-corrected chi connectivity index (χ1v) is 10.6. The number of benzene rings is 3. The molecule has 0 fully saturated rings. The monoisotopic (exact) mass is 402 g/mol. The Bertz CT molecular complexity index is 983. The molecule has 0 unspecified atom stereocenters. The maximum atomic E-state index is 12.9. The molecule has 0 aliphatic carbocycles. The molecule has 1 atom stereocenters. The van der Waals surface area contributed by atoms with Crippen LogP contribution >= 0.6 is 0 Å². The van der Waals surface area contributed by atoms with E-state index in [2.05, 4.69) is 48.7 Å². The van der Waals surface area contributed by atoms with Crippen molar-refractivity contribution in [2.45, 2.75) is 45.7 Å². The SMILES string of the molecule is CC(C)CCC(=O)N[C@@H](Cc1ccc2ccccc2c1)C(=O)NCc1ccccc1. The second-order valence-electron chi connectivity index (χ2n) is 8.14. The molecule has 0 aliphatic rings. The van der Waals surface area contributed by atoms with Gasteiger partial charge >= 0.3 is 0 Å². The van der Waals surface area contributed by atoms with Crippen molar-refractivity contribution < 1.29 is 9.59 Å². The quantitative estimate of drug-likeness (QED) is 0.549. The number of nitrogens with one attached hydrogen (secondary N) is 2. The van der Waals surface area contributed by atoms with E-state index in [-0.39, 0.29) is 11.8 Å². The third-order valence-electron chi connectivity index (χ3n) is 5.16. The summed E-state index contributed by atoms with van der Waals surface area (Å²) >= 11 is 0. The standard InChI is InChI=1S/C26H30N2O2/c1-19(2)12-15-25(29)28-24(26(30)27-18-20-8-4-3-5-9-20)17-21-13-14-22-10-6-7-11-23(22)16-21/h3-11,13-14,16,19,24H,12,15,17-18H2,1-2H3,(H,27,30)(H,28,29)/t24-/m0/s1. The minimum Gasteiger partial charge on any atom is -0.350 e. The van der Waals surface area contributed by atoms with E-state index < -0.39 is 6.04 Å². The van der Waals surface area contributed by atoms with Gasteiger partial charge in [0.1, 0.15) is 6.04 Å². The minimum absolute atomic E-state index is 0.0793. The predicted octanol–water partition coefficient (Wildman–Crippen LogP) is 4.62. The van der Waals surface area contributed by atoms with Gasteiger partial charge in [-0.05, 0) is 34.2 Å². The van der Waals surface area contributed by atoms with E-state index in [4.69, 9.17) is 0 Å². The summed E-state index contributed by atoms with van der Waals surface area (Å²) in [5, 5.41) is 8.22. The predicted molar refractivity (Wildman–Crippen MR) is 122 cm³/mol. The summed E-state index contributed by atoms with van der Waals surface area (Å²) in [7, 11) is 0. The number of fused-ring (bicyclic) bond motifs is 1. The summed E-state index contributed by atoms with van der Waals surface area (Å²) in [4.78, 5) is 25.4. The average Bonchev–Trinajstić information content (AvgIpc) is 2.76. The second-order valence-corrected chi connectivity index (χ2v) is 8.14. The highest BCUT2D eigenvalue weighted by Crippen LogP contribution is 2.17. The lowest BCUT2D eigenvalue weighted by atomic mass is 10.0. The van der Waals surface area contributed by atoms with E-state index in [0.717, 1.165) is 28.3 Å². The Morgan fingerprint density at radius 1 is 0.833 bits per heavy atom. The normalized spacial score (nSPS) is 12.0. The molecule has 4 nitrogen and oxygen atoms in total. The summed E-state index contributed by atoms with van der Waals surface area (Å²) in [5.74, 6) is 0.204. The molecule has 156 valence electrons. The van der Waals surface area contributed by atoms with E-state index >= 15 is 0 Å².